The van der Waals surface area contributed by atoms with E-state index >= 15 is 0 Å². The minimum Gasteiger partial charge on any atom is -0.453 e. The predicted octanol–water partition coefficient (Wildman–Crippen LogP) is 5.04. The number of benzene rings is 2. The van der Waals surface area contributed by atoms with Crippen LogP contribution in [0.5, 0.6) is 0 Å². The molecule has 1 N–H and O–H groups in total. The van der Waals surface area contributed by atoms with E-state index in [2.05, 4.69) is 5.32 Å². The second kappa shape index (κ2) is 8.10. The number of carbonyl (C=O) groups is 3. The van der Waals surface area contributed by atoms with Crippen LogP contribution in [0.4, 0.5) is 5.69 Å². The highest BCUT2D eigenvalue weighted by Crippen LogP contribution is 2.33. The van der Waals surface area contributed by atoms with Crippen LogP contribution in [0.2, 0.25) is 0 Å². The average molecular weight is 385 g/mol. The van der Waals surface area contributed by atoms with Gasteiger partial charge in [-0.3, -0.25) is 14.4 Å². The highest BCUT2D eigenvalue weighted by Gasteiger charge is 2.17. The fourth-order valence-corrected chi connectivity index (χ4v) is 3.38. The van der Waals surface area contributed by atoms with Crippen LogP contribution in [0, 0.1) is 0 Å². The molecule has 0 spiro atoms. The SMILES string of the molecule is O=Cc1ccc(-c2ccc(C(=O)c3ccccc3)cc2NC2=CC(=O)CCC2)o1. The lowest BCUT2D eigenvalue weighted by Gasteiger charge is -2.17. The summed E-state index contributed by atoms with van der Waals surface area (Å²) in [7, 11) is 0. The predicted molar refractivity (Wildman–Crippen MR) is 110 cm³/mol. The summed E-state index contributed by atoms with van der Waals surface area (Å²) in [5.74, 6) is 0.721. The summed E-state index contributed by atoms with van der Waals surface area (Å²) in [6, 6.07) is 17.6. The van der Waals surface area contributed by atoms with Crippen molar-refractivity contribution in [3.05, 3.63) is 89.3 Å². The van der Waals surface area contributed by atoms with Crippen LogP contribution in [0.25, 0.3) is 11.3 Å². The molecule has 0 saturated heterocycles. The van der Waals surface area contributed by atoms with Crippen molar-refractivity contribution in [1.29, 1.82) is 0 Å². The van der Waals surface area contributed by atoms with Crippen LogP contribution >= 0.6 is 0 Å². The maximum atomic E-state index is 12.9. The van der Waals surface area contributed by atoms with Crippen molar-refractivity contribution < 1.29 is 18.8 Å². The van der Waals surface area contributed by atoms with E-state index in [1.165, 1.54) is 0 Å². The van der Waals surface area contributed by atoms with E-state index in [1.54, 1.807) is 48.5 Å². The van der Waals surface area contributed by atoms with E-state index in [0.29, 0.717) is 40.8 Å². The molecule has 1 aliphatic rings. The van der Waals surface area contributed by atoms with Gasteiger partial charge in [0.05, 0.1) is 5.69 Å². The molecule has 29 heavy (non-hydrogen) atoms. The molecule has 5 heteroatoms. The maximum absolute atomic E-state index is 12.9. The van der Waals surface area contributed by atoms with Crippen LogP contribution in [-0.4, -0.2) is 17.9 Å². The minimum atomic E-state index is -0.0954. The van der Waals surface area contributed by atoms with E-state index in [9.17, 15) is 14.4 Å². The lowest BCUT2D eigenvalue weighted by molar-refractivity contribution is -0.115. The van der Waals surface area contributed by atoms with Crippen molar-refractivity contribution in [1.82, 2.24) is 0 Å². The number of nitrogens with one attached hydrogen (secondary N) is 1. The number of ketones is 2. The van der Waals surface area contributed by atoms with Crippen LogP contribution in [0.3, 0.4) is 0 Å². The summed E-state index contributed by atoms with van der Waals surface area (Å²) in [5, 5.41) is 3.29. The Morgan fingerprint density at radius 3 is 2.52 bits per heavy atom. The van der Waals surface area contributed by atoms with Crippen molar-refractivity contribution in [2.24, 2.45) is 0 Å². The largest absolute Gasteiger partial charge is 0.453 e. The van der Waals surface area contributed by atoms with Gasteiger partial charge in [-0.1, -0.05) is 36.4 Å². The summed E-state index contributed by atoms with van der Waals surface area (Å²) < 4.78 is 5.58. The number of furan rings is 1. The van der Waals surface area contributed by atoms with Crippen LogP contribution in [0.15, 0.2) is 76.9 Å². The Morgan fingerprint density at radius 2 is 1.79 bits per heavy atom. The molecule has 0 atom stereocenters. The lowest BCUT2D eigenvalue weighted by atomic mass is 9.98. The van der Waals surface area contributed by atoms with Gasteiger partial charge in [0.1, 0.15) is 5.76 Å². The minimum absolute atomic E-state index is 0.0815. The van der Waals surface area contributed by atoms with Crippen LogP contribution in [-0.2, 0) is 4.79 Å². The van der Waals surface area contributed by atoms with E-state index in [-0.39, 0.29) is 17.3 Å². The third-order valence-electron chi connectivity index (χ3n) is 4.83. The molecule has 0 amide bonds. The third-order valence-corrected chi connectivity index (χ3v) is 4.83. The van der Waals surface area contributed by atoms with Gasteiger partial charge in [-0.25, -0.2) is 0 Å². The Labute approximate surface area is 168 Å². The summed E-state index contributed by atoms with van der Waals surface area (Å²) in [5.41, 5.74) is 3.28. The Hall–Kier alpha value is -3.73. The maximum Gasteiger partial charge on any atom is 0.193 e. The van der Waals surface area contributed by atoms with Gasteiger partial charge < -0.3 is 9.73 Å². The quantitative estimate of drug-likeness (QED) is 0.475. The number of anilines is 1. The number of hydrogen-bond donors (Lipinski definition) is 1. The Kier molecular flexibility index (Phi) is 5.20. The zero-order valence-electron chi connectivity index (χ0n) is 15.7. The summed E-state index contributed by atoms with van der Waals surface area (Å²) in [4.78, 5) is 35.7. The molecule has 5 nitrogen and oxygen atoms in total. The average Bonchev–Trinajstić information content (AvgIpc) is 3.23. The van der Waals surface area contributed by atoms with Gasteiger partial charge in [0, 0.05) is 34.9 Å². The van der Waals surface area contributed by atoms with Crippen LogP contribution in [0.1, 0.15) is 45.7 Å². The summed E-state index contributed by atoms with van der Waals surface area (Å²) in [6.07, 6.45) is 4.33. The normalized spacial score (nSPS) is 13.7. The first-order valence-electron chi connectivity index (χ1n) is 9.43. The van der Waals surface area contributed by atoms with E-state index in [4.69, 9.17) is 4.42 Å². The van der Waals surface area contributed by atoms with Gasteiger partial charge in [-0.05, 0) is 37.1 Å². The molecule has 2 aromatic carbocycles. The number of aldehydes is 1. The topological polar surface area (TPSA) is 76.4 Å². The monoisotopic (exact) mass is 385 g/mol. The highest BCUT2D eigenvalue weighted by molar-refractivity contribution is 6.10. The van der Waals surface area contributed by atoms with Crippen molar-refractivity contribution in [3.8, 4) is 11.3 Å². The van der Waals surface area contributed by atoms with Gasteiger partial charge in [-0.15, -0.1) is 0 Å². The van der Waals surface area contributed by atoms with Crippen molar-refractivity contribution in [2.75, 3.05) is 5.32 Å². The van der Waals surface area contributed by atoms with Crippen molar-refractivity contribution in [3.63, 3.8) is 0 Å². The van der Waals surface area contributed by atoms with Gasteiger partial charge in [0.25, 0.3) is 0 Å². The smallest absolute Gasteiger partial charge is 0.193 e. The summed E-state index contributed by atoms with van der Waals surface area (Å²) >= 11 is 0. The first kappa shape index (κ1) is 18.6. The van der Waals surface area contributed by atoms with Gasteiger partial charge in [0.15, 0.2) is 23.6 Å². The lowest BCUT2D eigenvalue weighted by Crippen LogP contribution is -2.10. The Morgan fingerprint density at radius 1 is 0.966 bits per heavy atom. The molecule has 4 rings (SSSR count). The van der Waals surface area contributed by atoms with E-state index in [1.807, 2.05) is 18.2 Å². The molecule has 0 radical (unpaired) electrons. The molecular formula is C24H19NO4. The van der Waals surface area contributed by atoms with Crippen LogP contribution < -0.4 is 5.32 Å². The van der Waals surface area contributed by atoms with Gasteiger partial charge in [-0.2, -0.15) is 0 Å². The fourth-order valence-electron chi connectivity index (χ4n) is 3.38. The van der Waals surface area contributed by atoms with Gasteiger partial charge >= 0.3 is 0 Å². The first-order chi connectivity index (χ1) is 14.1. The highest BCUT2D eigenvalue weighted by atomic mass is 16.3. The Bertz CT molecular complexity index is 1110. The molecular weight excluding hydrogens is 366 g/mol. The molecule has 0 bridgehead atoms. The fraction of sp³-hybridized carbons (Fsp3) is 0.125. The number of hydrogen-bond acceptors (Lipinski definition) is 5. The molecule has 0 saturated carbocycles. The Balaban J connectivity index is 1.75. The molecule has 1 aliphatic carbocycles. The number of allylic oxidation sites excluding steroid dienone is 2. The number of rotatable bonds is 6. The molecule has 0 unspecified atom stereocenters. The second-order valence-electron chi connectivity index (χ2n) is 6.89. The zero-order chi connectivity index (χ0) is 20.2. The molecule has 1 aromatic heterocycles. The second-order valence-corrected chi connectivity index (χ2v) is 6.89. The van der Waals surface area contributed by atoms with Crippen molar-refractivity contribution in [2.45, 2.75) is 19.3 Å². The molecule has 144 valence electrons. The standard InChI is InChI=1S/C24H19NO4/c26-15-20-10-12-23(29-20)21-11-9-17(24(28)16-5-2-1-3-6-16)13-22(21)25-18-7-4-8-19(27)14-18/h1-3,5-6,9-15,25H,4,7-8H2. The summed E-state index contributed by atoms with van der Waals surface area (Å²) in [6.45, 7) is 0. The molecule has 0 aliphatic heterocycles. The first-order valence-corrected chi connectivity index (χ1v) is 9.43. The molecule has 0 fully saturated rings. The van der Waals surface area contributed by atoms with Gasteiger partial charge in [0.2, 0.25) is 0 Å². The third kappa shape index (κ3) is 4.09. The molecule has 1 heterocycles. The zero-order valence-corrected chi connectivity index (χ0v) is 15.7. The van der Waals surface area contributed by atoms with E-state index in [0.717, 1.165) is 18.5 Å². The molecule has 3 aromatic rings. The number of carbonyl (C=O) groups excluding carboxylic acids is 3. The van der Waals surface area contributed by atoms with Crippen molar-refractivity contribution >= 4 is 23.5 Å². The van der Waals surface area contributed by atoms with E-state index < -0.39 is 0 Å².